The topological polar surface area (TPSA) is 55.8 Å². The van der Waals surface area contributed by atoms with Crippen molar-refractivity contribution in [3.05, 3.63) is 46.8 Å². The van der Waals surface area contributed by atoms with E-state index in [1.807, 2.05) is 0 Å². The molecule has 2 aromatic rings. The molecule has 0 N–H and O–H groups in total. The zero-order valence-corrected chi connectivity index (χ0v) is 22.3. The van der Waals surface area contributed by atoms with Crippen LogP contribution in [0.5, 0.6) is 0 Å². The van der Waals surface area contributed by atoms with Gasteiger partial charge >= 0.3 is 0 Å². The summed E-state index contributed by atoms with van der Waals surface area (Å²) in [6, 6.07) is 1.69. The van der Waals surface area contributed by atoms with Crippen molar-refractivity contribution < 1.29 is 31.1 Å². The lowest BCUT2D eigenvalue weighted by atomic mass is 9.91. The summed E-state index contributed by atoms with van der Waals surface area (Å²) >= 11 is 0. The molecule has 0 amide bonds. The van der Waals surface area contributed by atoms with Gasteiger partial charge in [-0.25, -0.2) is 9.13 Å². The number of halogens is 1. The van der Waals surface area contributed by atoms with Crippen LogP contribution in [0.25, 0.3) is 0 Å². The predicted molar refractivity (Wildman–Crippen MR) is 127 cm³/mol. The summed E-state index contributed by atoms with van der Waals surface area (Å²) in [5.41, 5.74) is 2.10. The lowest BCUT2D eigenvalue weighted by Crippen LogP contribution is -3.00. The Morgan fingerprint density at radius 1 is 0.818 bits per heavy atom. The number of hydrogen-bond donors (Lipinski definition) is 0. The van der Waals surface area contributed by atoms with Crippen LogP contribution >= 0.6 is 0 Å². The van der Waals surface area contributed by atoms with Crippen molar-refractivity contribution in [3.63, 3.8) is 0 Å². The number of aromatic nitrogens is 3. The standard InChI is InChI=1S/C27H40N3O2.BrH/c1-4-6-8-10-12-14-18-29-21(3)30(19-15-13-11-9-7-5-2)25-24(29)26(31)22-16-17-28-20-23(22)27(25)32;/h16-17,20H,4-15,18-19H2,1-3H3;1H/q+1;/p-1. The first-order chi connectivity index (χ1) is 15.6. The largest absolute Gasteiger partial charge is 1.00 e. The Hall–Kier alpha value is -1.82. The van der Waals surface area contributed by atoms with E-state index >= 15 is 0 Å². The third kappa shape index (κ3) is 6.40. The van der Waals surface area contributed by atoms with Crippen molar-refractivity contribution in [3.8, 4) is 0 Å². The van der Waals surface area contributed by atoms with Gasteiger partial charge < -0.3 is 17.0 Å². The van der Waals surface area contributed by atoms with Gasteiger partial charge in [-0.05, 0) is 31.7 Å². The number of carbonyl (C=O) groups is 2. The molecule has 1 aliphatic rings. The molecule has 0 atom stereocenters. The molecule has 0 saturated carbocycles. The molecule has 5 nitrogen and oxygen atoms in total. The first kappa shape index (κ1) is 27.4. The molecule has 0 saturated heterocycles. The van der Waals surface area contributed by atoms with Crippen LogP contribution < -0.4 is 21.5 Å². The zero-order chi connectivity index (χ0) is 22.9. The number of hydrogen-bond acceptors (Lipinski definition) is 3. The van der Waals surface area contributed by atoms with E-state index in [2.05, 4.69) is 34.9 Å². The number of carbonyl (C=O) groups excluding carboxylic acids is 2. The van der Waals surface area contributed by atoms with E-state index in [0.717, 1.165) is 44.6 Å². The fraction of sp³-hybridized carbons (Fsp3) is 0.630. The van der Waals surface area contributed by atoms with Crippen LogP contribution in [0.15, 0.2) is 18.5 Å². The fourth-order valence-corrected chi connectivity index (χ4v) is 4.86. The number of ketones is 2. The smallest absolute Gasteiger partial charge is 0.254 e. The Morgan fingerprint density at radius 3 is 2.09 bits per heavy atom. The van der Waals surface area contributed by atoms with Gasteiger partial charge in [-0.15, -0.1) is 0 Å². The SMILES string of the molecule is CCCCCCCCn1c2c([n+](CCCCCCCC)c1C)C(=O)c1ccncc1C2=O.[Br-]. The Kier molecular flexibility index (Phi) is 11.5. The summed E-state index contributed by atoms with van der Waals surface area (Å²) in [7, 11) is 0. The highest BCUT2D eigenvalue weighted by Crippen LogP contribution is 2.27. The van der Waals surface area contributed by atoms with Crippen molar-refractivity contribution in [1.29, 1.82) is 0 Å². The minimum atomic E-state index is -0.0570. The molecule has 0 fully saturated rings. The van der Waals surface area contributed by atoms with Gasteiger partial charge in [0.25, 0.3) is 5.82 Å². The molecule has 3 rings (SSSR count). The minimum Gasteiger partial charge on any atom is -1.00 e. The molecule has 0 aromatic carbocycles. The first-order valence-electron chi connectivity index (χ1n) is 12.8. The van der Waals surface area contributed by atoms with Crippen LogP contribution in [-0.2, 0) is 13.1 Å². The van der Waals surface area contributed by atoms with E-state index in [4.69, 9.17) is 0 Å². The zero-order valence-electron chi connectivity index (χ0n) is 20.7. The molecule has 0 aliphatic heterocycles. The summed E-state index contributed by atoms with van der Waals surface area (Å²) in [5, 5.41) is 0. The fourth-order valence-electron chi connectivity index (χ4n) is 4.86. The second-order valence-electron chi connectivity index (χ2n) is 9.16. The van der Waals surface area contributed by atoms with E-state index in [1.165, 1.54) is 51.4 Å². The number of nitrogens with zero attached hydrogens (tertiary/aromatic N) is 3. The van der Waals surface area contributed by atoms with Gasteiger partial charge in [0, 0.05) is 24.9 Å². The molecule has 0 spiro atoms. The molecular formula is C27H40BrN3O2. The third-order valence-corrected chi connectivity index (χ3v) is 6.76. The molecule has 33 heavy (non-hydrogen) atoms. The van der Waals surface area contributed by atoms with E-state index in [-0.39, 0.29) is 28.5 Å². The number of imidazole rings is 1. The van der Waals surface area contributed by atoms with Crippen LogP contribution in [0, 0.1) is 6.92 Å². The Bertz CT molecular complexity index is 863. The van der Waals surface area contributed by atoms with Crippen LogP contribution in [-0.4, -0.2) is 21.1 Å². The molecule has 2 aromatic heterocycles. The molecule has 0 unspecified atom stereocenters. The molecule has 1 aliphatic carbocycles. The van der Waals surface area contributed by atoms with Crippen molar-refractivity contribution in [2.24, 2.45) is 0 Å². The number of unbranched alkanes of at least 4 members (excludes halogenated alkanes) is 10. The van der Waals surface area contributed by atoms with Gasteiger partial charge in [0.05, 0.1) is 18.7 Å². The molecule has 0 radical (unpaired) electrons. The van der Waals surface area contributed by atoms with Gasteiger partial charge in [-0.2, -0.15) is 0 Å². The molecular weight excluding hydrogens is 478 g/mol. The number of rotatable bonds is 14. The van der Waals surface area contributed by atoms with Gasteiger partial charge in [-0.3, -0.25) is 14.6 Å². The molecule has 0 bridgehead atoms. The van der Waals surface area contributed by atoms with Gasteiger partial charge in [0.1, 0.15) is 0 Å². The normalized spacial score (nSPS) is 12.5. The first-order valence-corrected chi connectivity index (χ1v) is 12.8. The van der Waals surface area contributed by atoms with Gasteiger partial charge in [-0.1, -0.05) is 65.2 Å². The average Bonchev–Trinajstić information content (AvgIpc) is 3.08. The molecule has 2 heterocycles. The monoisotopic (exact) mass is 517 g/mol. The maximum atomic E-state index is 13.4. The van der Waals surface area contributed by atoms with Crippen molar-refractivity contribution >= 4 is 11.6 Å². The van der Waals surface area contributed by atoms with Crippen LogP contribution in [0.2, 0.25) is 0 Å². The van der Waals surface area contributed by atoms with Crippen molar-refractivity contribution in [2.75, 3.05) is 0 Å². The third-order valence-electron chi connectivity index (χ3n) is 6.76. The van der Waals surface area contributed by atoms with Crippen LogP contribution in [0.1, 0.15) is 129 Å². The highest BCUT2D eigenvalue weighted by Gasteiger charge is 2.42. The van der Waals surface area contributed by atoms with E-state index in [1.54, 1.807) is 18.5 Å². The van der Waals surface area contributed by atoms with Gasteiger partial charge in [0.2, 0.25) is 23.0 Å². The number of pyridine rings is 1. The maximum absolute atomic E-state index is 13.4. The summed E-state index contributed by atoms with van der Waals surface area (Å²) < 4.78 is 4.23. The highest BCUT2D eigenvalue weighted by molar-refractivity contribution is 6.26. The van der Waals surface area contributed by atoms with Gasteiger partial charge in [0.15, 0.2) is 0 Å². The summed E-state index contributed by atoms with van der Waals surface area (Å²) in [6.07, 6.45) is 17.6. The minimum absolute atomic E-state index is 0. The van der Waals surface area contributed by atoms with Crippen LogP contribution in [0.4, 0.5) is 0 Å². The number of fused-ring (bicyclic) bond motifs is 2. The Balaban J connectivity index is 0.00000385. The predicted octanol–water partition coefficient (Wildman–Crippen LogP) is 2.98. The van der Waals surface area contributed by atoms with E-state index in [0.29, 0.717) is 22.5 Å². The average molecular weight is 519 g/mol. The second kappa shape index (κ2) is 13.8. The maximum Gasteiger partial charge on any atom is 0.254 e. The van der Waals surface area contributed by atoms with E-state index in [9.17, 15) is 9.59 Å². The molecule has 182 valence electrons. The van der Waals surface area contributed by atoms with E-state index < -0.39 is 0 Å². The quantitative estimate of drug-likeness (QED) is 0.244. The Morgan fingerprint density at radius 2 is 1.42 bits per heavy atom. The lowest BCUT2D eigenvalue weighted by molar-refractivity contribution is -0.704. The lowest BCUT2D eigenvalue weighted by Gasteiger charge is -2.12. The Labute approximate surface area is 209 Å². The summed E-state index contributed by atoms with van der Waals surface area (Å²) in [5.74, 6) is 0.936. The van der Waals surface area contributed by atoms with Crippen LogP contribution in [0.3, 0.4) is 0 Å². The van der Waals surface area contributed by atoms with Crippen molar-refractivity contribution in [1.82, 2.24) is 9.55 Å². The van der Waals surface area contributed by atoms with Crippen molar-refractivity contribution in [2.45, 2.75) is 111 Å². The summed E-state index contributed by atoms with van der Waals surface area (Å²) in [6.45, 7) is 8.11. The highest BCUT2D eigenvalue weighted by atomic mass is 79.9. The summed E-state index contributed by atoms with van der Waals surface area (Å²) in [4.78, 5) is 31.0. The second-order valence-corrected chi connectivity index (χ2v) is 9.16. The molecule has 6 heteroatoms.